The molecule has 1 aromatic carbocycles. The van der Waals surface area contributed by atoms with Crippen LogP contribution >= 0.6 is 0 Å². The van der Waals surface area contributed by atoms with E-state index in [4.69, 9.17) is 9.47 Å². The Morgan fingerprint density at radius 2 is 1.97 bits per heavy atom. The van der Waals surface area contributed by atoms with Crippen molar-refractivity contribution in [3.63, 3.8) is 0 Å². The highest BCUT2D eigenvalue weighted by Crippen LogP contribution is 2.51. The molecule has 1 aromatic heterocycles. The number of amides is 1. The number of methoxy groups -OCH3 is 1. The number of aromatic nitrogens is 1. The van der Waals surface area contributed by atoms with E-state index in [9.17, 15) is 30.8 Å². The standard InChI is InChI=1S/C20H20F4N2O5S/c1-19(20(22,23)24)10-14(13-5-4-11(21)8-15(13)30-2)17(31-19)18(27)26-12-6-7-25-16(9-12)32(3,28)29/h4-9,14,17H,10H2,1-3H3,(H,25,26,27)/t14-,17+,19+/m1/s1. The Bertz CT molecular complexity index is 1140. The number of ether oxygens (including phenoxy) is 2. The summed E-state index contributed by atoms with van der Waals surface area (Å²) in [5.41, 5.74) is -2.46. The highest BCUT2D eigenvalue weighted by atomic mass is 32.2. The van der Waals surface area contributed by atoms with Crippen LogP contribution in [0.3, 0.4) is 0 Å². The summed E-state index contributed by atoms with van der Waals surface area (Å²) in [7, 11) is -2.45. The van der Waals surface area contributed by atoms with Gasteiger partial charge in [-0.1, -0.05) is 6.07 Å². The van der Waals surface area contributed by atoms with Crippen LogP contribution in [-0.2, 0) is 19.4 Å². The van der Waals surface area contributed by atoms with Crippen LogP contribution in [0.15, 0.2) is 41.6 Å². The number of anilines is 1. The Hall–Kier alpha value is -2.73. The zero-order valence-corrected chi connectivity index (χ0v) is 18.1. The van der Waals surface area contributed by atoms with E-state index in [2.05, 4.69) is 10.3 Å². The summed E-state index contributed by atoms with van der Waals surface area (Å²) in [4.78, 5) is 16.6. The van der Waals surface area contributed by atoms with E-state index in [-0.39, 0.29) is 22.0 Å². The van der Waals surface area contributed by atoms with Gasteiger partial charge in [0.05, 0.1) is 7.11 Å². The van der Waals surface area contributed by atoms with E-state index in [1.165, 1.54) is 19.2 Å². The van der Waals surface area contributed by atoms with E-state index in [0.29, 0.717) is 0 Å². The Labute approximate surface area is 181 Å². The quantitative estimate of drug-likeness (QED) is 0.665. The maximum Gasteiger partial charge on any atom is 0.417 e. The minimum Gasteiger partial charge on any atom is -0.496 e. The van der Waals surface area contributed by atoms with Gasteiger partial charge in [0.2, 0.25) is 0 Å². The van der Waals surface area contributed by atoms with E-state index in [1.54, 1.807) is 0 Å². The maximum atomic E-state index is 13.7. The molecule has 1 N–H and O–H groups in total. The summed E-state index contributed by atoms with van der Waals surface area (Å²) in [5, 5.41) is 2.06. The van der Waals surface area contributed by atoms with Crippen molar-refractivity contribution in [1.29, 1.82) is 0 Å². The first-order chi connectivity index (χ1) is 14.7. The number of nitrogens with zero attached hydrogens (tertiary/aromatic N) is 1. The number of sulfone groups is 1. The lowest BCUT2D eigenvalue weighted by Gasteiger charge is -2.27. The average molecular weight is 476 g/mol. The van der Waals surface area contributed by atoms with Crippen molar-refractivity contribution in [3.8, 4) is 5.75 Å². The largest absolute Gasteiger partial charge is 0.496 e. The van der Waals surface area contributed by atoms with E-state index in [1.807, 2.05) is 0 Å². The molecule has 0 radical (unpaired) electrons. The fourth-order valence-electron chi connectivity index (χ4n) is 3.52. The van der Waals surface area contributed by atoms with Gasteiger partial charge in [0, 0.05) is 35.7 Å². The second kappa shape index (κ2) is 8.32. The van der Waals surface area contributed by atoms with Gasteiger partial charge >= 0.3 is 6.18 Å². The minimum absolute atomic E-state index is 0.0134. The van der Waals surface area contributed by atoms with Gasteiger partial charge in [-0.15, -0.1) is 0 Å². The molecule has 1 aliphatic heterocycles. The van der Waals surface area contributed by atoms with Crippen molar-refractivity contribution < 1.29 is 40.2 Å². The molecule has 2 heterocycles. The second-order valence-corrected chi connectivity index (χ2v) is 9.57. The topological polar surface area (TPSA) is 94.6 Å². The van der Waals surface area contributed by atoms with Crippen molar-refractivity contribution in [2.75, 3.05) is 18.7 Å². The lowest BCUT2D eigenvalue weighted by Crippen LogP contribution is -2.43. The predicted octanol–water partition coefficient (Wildman–Crippen LogP) is 3.47. The van der Waals surface area contributed by atoms with Gasteiger partial charge < -0.3 is 14.8 Å². The van der Waals surface area contributed by atoms with Crippen LogP contribution in [0.25, 0.3) is 0 Å². The fourth-order valence-corrected chi connectivity index (χ4v) is 4.12. The Morgan fingerprint density at radius 3 is 2.56 bits per heavy atom. The number of nitrogens with one attached hydrogen (secondary N) is 1. The molecule has 0 spiro atoms. The lowest BCUT2D eigenvalue weighted by molar-refractivity contribution is -0.261. The molecule has 1 saturated heterocycles. The minimum atomic E-state index is -4.78. The third-order valence-corrected chi connectivity index (χ3v) is 6.18. The summed E-state index contributed by atoms with van der Waals surface area (Å²) < 4.78 is 88.4. The third-order valence-electron chi connectivity index (χ3n) is 5.20. The van der Waals surface area contributed by atoms with Crippen molar-refractivity contribution in [2.45, 2.75) is 42.2 Å². The first-order valence-electron chi connectivity index (χ1n) is 9.30. The first-order valence-corrected chi connectivity index (χ1v) is 11.2. The molecule has 0 aliphatic carbocycles. The highest BCUT2D eigenvalue weighted by molar-refractivity contribution is 7.90. The number of alkyl halides is 3. The SMILES string of the molecule is COc1cc(F)ccc1[C@H]1C[C@@](C)(C(F)(F)F)O[C@@H]1C(=O)Nc1ccnc(S(C)(=O)=O)c1. The summed E-state index contributed by atoms with van der Waals surface area (Å²) in [6.45, 7) is 0.831. The van der Waals surface area contributed by atoms with Crippen LogP contribution in [0.2, 0.25) is 0 Å². The molecule has 3 rings (SSSR count). The number of rotatable bonds is 5. The van der Waals surface area contributed by atoms with Crippen LogP contribution in [0.5, 0.6) is 5.75 Å². The fraction of sp³-hybridized carbons (Fsp3) is 0.400. The monoisotopic (exact) mass is 476 g/mol. The Balaban J connectivity index is 1.99. The molecule has 0 saturated carbocycles. The molecule has 1 fully saturated rings. The Kier molecular flexibility index (Phi) is 6.22. The van der Waals surface area contributed by atoms with Gasteiger partial charge in [-0.2, -0.15) is 13.2 Å². The highest BCUT2D eigenvalue weighted by Gasteiger charge is 2.61. The van der Waals surface area contributed by atoms with Gasteiger partial charge in [-0.05, 0) is 31.5 Å². The molecule has 7 nitrogen and oxygen atoms in total. The van der Waals surface area contributed by atoms with Crippen LogP contribution in [0.4, 0.5) is 23.2 Å². The number of halogens is 4. The number of hydrogen-bond acceptors (Lipinski definition) is 6. The number of carbonyl (C=O) groups is 1. The molecule has 3 atom stereocenters. The number of benzene rings is 1. The smallest absolute Gasteiger partial charge is 0.417 e. The molecule has 2 aromatic rings. The molecule has 12 heteroatoms. The van der Waals surface area contributed by atoms with Gasteiger partial charge in [-0.3, -0.25) is 4.79 Å². The van der Waals surface area contributed by atoms with E-state index < -0.39 is 51.8 Å². The van der Waals surface area contributed by atoms with Crippen molar-refractivity contribution in [2.24, 2.45) is 0 Å². The van der Waals surface area contributed by atoms with Gasteiger partial charge in [-0.25, -0.2) is 17.8 Å². The predicted molar refractivity (Wildman–Crippen MR) is 106 cm³/mol. The van der Waals surface area contributed by atoms with Gasteiger partial charge in [0.15, 0.2) is 20.5 Å². The summed E-state index contributed by atoms with van der Waals surface area (Å²) in [6, 6.07) is 5.68. The number of hydrogen-bond donors (Lipinski definition) is 1. The zero-order valence-electron chi connectivity index (χ0n) is 17.2. The molecule has 32 heavy (non-hydrogen) atoms. The first kappa shape index (κ1) is 23.9. The molecular formula is C20H20F4N2O5S. The van der Waals surface area contributed by atoms with Crippen LogP contribution in [0.1, 0.15) is 24.8 Å². The normalized spacial score (nSPS) is 23.7. The van der Waals surface area contributed by atoms with E-state index >= 15 is 0 Å². The Morgan fingerprint density at radius 1 is 1.28 bits per heavy atom. The molecule has 0 bridgehead atoms. The van der Waals surface area contributed by atoms with Crippen molar-refractivity contribution in [1.82, 2.24) is 4.98 Å². The molecule has 1 aliphatic rings. The lowest BCUT2D eigenvalue weighted by atomic mass is 9.86. The molecule has 1 amide bonds. The van der Waals surface area contributed by atoms with Crippen LogP contribution < -0.4 is 10.1 Å². The number of carbonyl (C=O) groups excluding carboxylic acids is 1. The van der Waals surface area contributed by atoms with Crippen LogP contribution in [-0.4, -0.2) is 50.6 Å². The average Bonchev–Trinajstić information content (AvgIpc) is 3.06. The maximum absolute atomic E-state index is 13.7. The molecular weight excluding hydrogens is 456 g/mol. The second-order valence-electron chi connectivity index (χ2n) is 7.61. The zero-order chi connectivity index (χ0) is 23.9. The van der Waals surface area contributed by atoms with Crippen molar-refractivity contribution >= 4 is 21.4 Å². The summed E-state index contributed by atoms with van der Waals surface area (Å²) in [6.07, 6.45) is -4.94. The molecule has 174 valence electrons. The van der Waals surface area contributed by atoms with Gasteiger partial charge in [0.25, 0.3) is 5.91 Å². The van der Waals surface area contributed by atoms with E-state index in [0.717, 1.165) is 37.6 Å². The third kappa shape index (κ3) is 4.70. The van der Waals surface area contributed by atoms with Crippen LogP contribution in [0, 0.1) is 5.82 Å². The van der Waals surface area contributed by atoms with Gasteiger partial charge in [0.1, 0.15) is 17.7 Å². The molecule has 0 unspecified atom stereocenters. The summed E-state index contributed by atoms with van der Waals surface area (Å²) >= 11 is 0. The number of pyridine rings is 1. The summed E-state index contributed by atoms with van der Waals surface area (Å²) in [5.74, 6) is -2.73. The van der Waals surface area contributed by atoms with Crippen molar-refractivity contribution in [3.05, 3.63) is 47.9 Å².